The summed E-state index contributed by atoms with van der Waals surface area (Å²) in [7, 11) is 1.98. The maximum absolute atomic E-state index is 5.86. The number of hydrogen-bond donors (Lipinski definition) is 0. The number of nitrogens with zero attached hydrogens (tertiary/aromatic N) is 3. The molecule has 100 valence electrons. The molecule has 0 spiro atoms. The molecule has 1 aromatic carbocycles. The molecule has 2 aromatic heterocycles. The molecule has 0 aliphatic carbocycles. The van der Waals surface area contributed by atoms with Crippen molar-refractivity contribution < 1.29 is 0 Å². The Bertz CT molecular complexity index is 708. The van der Waals surface area contributed by atoms with Gasteiger partial charge in [0.1, 0.15) is 15.7 Å². The zero-order valence-electron chi connectivity index (χ0n) is 10.8. The molecule has 2 heterocycles. The van der Waals surface area contributed by atoms with Crippen molar-refractivity contribution in [2.75, 3.05) is 0 Å². The van der Waals surface area contributed by atoms with Crippen molar-refractivity contribution in [2.24, 2.45) is 7.05 Å². The molecule has 5 heteroatoms. The van der Waals surface area contributed by atoms with E-state index in [-0.39, 0.29) is 0 Å². The second kappa shape index (κ2) is 5.69. The summed E-state index contributed by atoms with van der Waals surface area (Å²) in [4.78, 5) is 8.81. The average Bonchev–Trinajstić information content (AvgIpc) is 2.84. The monoisotopic (exact) mass is 301 g/mol. The predicted octanol–water partition coefficient (Wildman–Crippen LogP) is 4.29. The van der Waals surface area contributed by atoms with Gasteiger partial charge in [0.15, 0.2) is 0 Å². The van der Waals surface area contributed by atoms with Crippen molar-refractivity contribution in [3.05, 3.63) is 60.0 Å². The average molecular weight is 302 g/mol. The van der Waals surface area contributed by atoms with Crippen molar-refractivity contribution in [1.29, 1.82) is 0 Å². The second-order valence-corrected chi connectivity index (χ2v) is 5.74. The number of imidazole rings is 1. The van der Waals surface area contributed by atoms with Crippen LogP contribution in [0.1, 0.15) is 0 Å². The third-order valence-corrected chi connectivity index (χ3v) is 4.18. The number of hydrogen-bond acceptors (Lipinski definition) is 3. The van der Waals surface area contributed by atoms with Gasteiger partial charge in [0.25, 0.3) is 0 Å². The SMILES string of the molecule is Cn1cnc(-c2ccccc2)c1Sc1ccc(Cl)cn1. The summed E-state index contributed by atoms with van der Waals surface area (Å²) in [6.45, 7) is 0. The molecule has 0 atom stereocenters. The highest BCUT2D eigenvalue weighted by Gasteiger charge is 2.12. The molecule has 0 unspecified atom stereocenters. The van der Waals surface area contributed by atoms with Gasteiger partial charge in [-0.05, 0) is 23.9 Å². The van der Waals surface area contributed by atoms with Gasteiger partial charge in [-0.1, -0.05) is 41.9 Å². The summed E-state index contributed by atoms with van der Waals surface area (Å²) in [5.41, 5.74) is 2.07. The zero-order valence-corrected chi connectivity index (χ0v) is 12.4. The van der Waals surface area contributed by atoms with Crippen LogP contribution in [0.5, 0.6) is 0 Å². The van der Waals surface area contributed by atoms with E-state index in [0.717, 1.165) is 21.3 Å². The lowest BCUT2D eigenvalue weighted by Crippen LogP contribution is -1.90. The molecule has 3 nitrogen and oxygen atoms in total. The van der Waals surface area contributed by atoms with E-state index in [1.165, 1.54) is 0 Å². The van der Waals surface area contributed by atoms with Gasteiger partial charge in [0, 0.05) is 18.8 Å². The first kappa shape index (κ1) is 13.2. The van der Waals surface area contributed by atoms with Gasteiger partial charge in [0.05, 0.1) is 11.3 Å². The van der Waals surface area contributed by atoms with Gasteiger partial charge in [-0.3, -0.25) is 0 Å². The van der Waals surface area contributed by atoms with Crippen molar-refractivity contribution in [2.45, 2.75) is 10.1 Å². The Kier molecular flexibility index (Phi) is 3.76. The summed E-state index contributed by atoms with van der Waals surface area (Å²) >= 11 is 7.44. The molecule has 3 rings (SSSR count). The lowest BCUT2D eigenvalue weighted by Gasteiger charge is -2.05. The lowest BCUT2D eigenvalue weighted by atomic mass is 10.2. The fourth-order valence-corrected chi connectivity index (χ4v) is 2.86. The van der Waals surface area contributed by atoms with E-state index in [2.05, 4.69) is 22.1 Å². The highest BCUT2D eigenvalue weighted by Crippen LogP contribution is 2.34. The molecule has 0 fully saturated rings. The number of aryl methyl sites for hydroxylation is 1. The van der Waals surface area contributed by atoms with Gasteiger partial charge < -0.3 is 4.57 Å². The Labute approximate surface area is 126 Å². The number of aromatic nitrogens is 3. The quantitative estimate of drug-likeness (QED) is 0.723. The van der Waals surface area contributed by atoms with Crippen LogP contribution in [0.2, 0.25) is 5.02 Å². The lowest BCUT2D eigenvalue weighted by molar-refractivity contribution is 0.824. The maximum atomic E-state index is 5.86. The fraction of sp³-hybridized carbons (Fsp3) is 0.0667. The van der Waals surface area contributed by atoms with E-state index in [0.29, 0.717) is 5.02 Å². The standard InChI is InChI=1S/C15H12ClN3S/c1-19-10-18-14(11-5-3-2-4-6-11)15(19)20-13-8-7-12(16)9-17-13/h2-10H,1H3. The topological polar surface area (TPSA) is 30.7 Å². The first-order chi connectivity index (χ1) is 9.74. The fourth-order valence-electron chi connectivity index (χ4n) is 1.86. The van der Waals surface area contributed by atoms with E-state index < -0.39 is 0 Å². The van der Waals surface area contributed by atoms with Gasteiger partial charge >= 0.3 is 0 Å². The maximum Gasteiger partial charge on any atom is 0.109 e. The first-order valence-electron chi connectivity index (χ1n) is 6.10. The van der Waals surface area contributed by atoms with E-state index in [1.54, 1.807) is 18.0 Å². The van der Waals surface area contributed by atoms with E-state index >= 15 is 0 Å². The molecular formula is C15H12ClN3S. The normalized spacial score (nSPS) is 10.7. The molecule has 0 aliphatic rings. The smallest absolute Gasteiger partial charge is 0.109 e. The summed E-state index contributed by atoms with van der Waals surface area (Å²) < 4.78 is 2.00. The third-order valence-electron chi connectivity index (χ3n) is 2.83. The van der Waals surface area contributed by atoms with Gasteiger partial charge in [0.2, 0.25) is 0 Å². The largest absolute Gasteiger partial charge is 0.328 e. The molecule has 0 amide bonds. The van der Waals surface area contributed by atoms with E-state index in [9.17, 15) is 0 Å². The number of pyridine rings is 1. The van der Waals surface area contributed by atoms with Gasteiger partial charge in [-0.25, -0.2) is 9.97 Å². The van der Waals surface area contributed by atoms with Crippen LogP contribution in [0.4, 0.5) is 0 Å². The van der Waals surface area contributed by atoms with Crippen LogP contribution in [0.25, 0.3) is 11.3 Å². The molecule has 0 radical (unpaired) electrons. The van der Waals surface area contributed by atoms with Crippen LogP contribution in [-0.4, -0.2) is 14.5 Å². The number of benzene rings is 1. The zero-order chi connectivity index (χ0) is 13.9. The highest BCUT2D eigenvalue weighted by atomic mass is 35.5. The van der Waals surface area contributed by atoms with Gasteiger partial charge in [-0.2, -0.15) is 0 Å². The Morgan fingerprint density at radius 2 is 1.85 bits per heavy atom. The van der Waals surface area contributed by atoms with Crippen LogP contribution in [0.15, 0.2) is 65.0 Å². The Balaban J connectivity index is 1.97. The molecule has 3 aromatic rings. The highest BCUT2D eigenvalue weighted by molar-refractivity contribution is 7.99. The van der Waals surface area contributed by atoms with Crippen molar-refractivity contribution >= 4 is 23.4 Å². The van der Waals surface area contributed by atoms with Crippen LogP contribution >= 0.6 is 23.4 Å². The third kappa shape index (κ3) is 2.71. The Morgan fingerprint density at radius 1 is 1.05 bits per heavy atom. The van der Waals surface area contributed by atoms with E-state index in [1.807, 2.05) is 48.3 Å². The van der Waals surface area contributed by atoms with Crippen LogP contribution in [0.3, 0.4) is 0 Å². The molecule has 0 saturated carbocycles. The van der Waals surface area contributed by atoms with Crippen molar-refractivity contribution in [3.63, 3.8) is 0 Å². The first-order valence-corrected chi connectivity index (χ1v) is 7.29. The second-order valence-electron chi connectivity index (χ2n) is 4.29. The summed E-state index contributed by atoms with van der Waals surface area (Å²) in [6.07, 6.45) is 3.48. The summed E-state index contributed by atoms with van der Waals surface area (Å²) in [6, 6.07) is 13.9. The molecular weight excluding hydrogens is 290 g/mol. The molecule has 0 aliphatic heterocycles. The van der Waals surface area contributed by atoms with Crippen molar-refractivity contribution in [3.8, 4) is 11.3 Å². The Hall–Kier alpha value is -1.78. The molecule has 20 heavy (non-hydrogen) atoms. The van der Waals surface area contributed by atoms with Gasteiger partial charge in [-0.15, -0.1) is 0 Å². The summed E-state index contributed by atoms with van der Waals surface area (Å²) in [5.74, 6) is 0. The van der Waals surface area contributed by atoms with Crippen LogP contribution in [-0.2, 0) is 7.05 Å². The minimum absolute atomic E-state index is 0.641. The summed E-state index contributed by atoms with van der Waals surface area (Å²) in [5, 5.41) is 2.60. The number of rotatable bonds is 3. The van der Waals surface area contributed by atoms with Crippen molar-refractivity contribution in [1.82, 2.24) is 14.5 Å². The minimum Gasteiger partial charge on any atom is -0.328 e. The van der Waals surface area contributed by atoms with Crippen LogP contribution < -0.4 is 0 Å². The van der Waals surface area contributed by atoms with E-state index in [4.69, 9.17) is 11.6 Å². The van der Waals surface area contributed by atoms with Crippen LogP contribution in [0, 0.1) is 0 Å². The minimum atomic E-state index is 0.641. The predicted molar refractivity (Wildman–Crippen MR) is 82.0 cm³/mol. The Morgan fingerprint density at radius 3 is 2.55 bits per heavy atom. The molecule has 0 saturated heterocycles. The number of halogens is 1. The molecule has 0 bridgehead atoms. The molecule has 0 N–H and O–H groups in total.